The Morgan fingerprint density at radius 1 is 0.250 bits per heavy atom. The number of carbonyl (C=O) groups is 5. The van der Waals surface area contributed by atoms with Gasteiger partial charge in [0.15, 0.2) is 0 Å². The van der Waals surface area contributed by atoms with Gasteiger partial charge in [-0.25, -0.2) is 0 Å². The lowest BCUT2D eigenvalue weighted by molar-refractivity contribution is -0.237. The summed E-state index contributed by atoms with van der Waals surface area (Å²) in [7, 11) is 0. The number of piperidine rings is 5. The molecule has 5 aliphatic rings. The van der Waals surface area contributed by atoms with Crippen molar-refractivity contribution in [3.63, 3.8) is 0 Å². The highest BCUT2D eigenvalue weighted by Crippen LogP contribution is 2.38. The zero-order chi connectivity index (χ0) is 51.8. The van der Waals surface area contributed by atoms with Crippen molar-refractivity contribution in [3.05, 3.63) is 26.3 Å². The molecule has 0 aromatic carbocycles. The Morgan fingerprint density at radius 3 is 0.375 bits per heavy atom. The van der Waals surface area contributed by atoms with E-state index in [1.807, 2.05) is 138 Å². The van der Waals surface area contributed by atoms with Crippen LogP contribution in [0.25, 0.3) is 0 Å². The van der Waals surface area contributed by atoms with Crippen LogP contribution >= 0.6 is 0 Å². The van der Waals surface area contributed by atoms with Crippen molar-refractivity contribution < 1.29 is 50.0 Å². The average Bonchev–Trinajstić information content (AvgIpc) is 3.07. The summed E-state index contributed by atoms with van der Waals surface area (Å²) in [6.07, 6.45) is 4.37. The fourth-order valence-electron chi connectivity index (χ4n) is 9.98. The number of hydroxylamine groups is 10. The number of hydrogen-bond acceptors (Lipinski definition) is 15. The van der Waals surface area contributed by atoms with Crippen LogP contribution in [0, 0.1) is 0 Å². The molecule has 5 aliphatic heterocycles. The van der Waals surface area contributed by atoms with Crippen molar-refractivity contribution in [2.45, 2.75) is 258 Å². The molecule has 5 N–H and O–H groups in total. The highest BCUT2D eigenvalue weighted by molar-refractivity contribution is 5.83. The summed E-state index contributed by atoms with van der Waals surface area (Å²) < 4.78 is 0. The Balaban J connectivity index is 0. The van der Waals surface area contributed by atoms with E-state index in [9.17, 15) is 50.0 Å². The van der Waals surface area contributed by atoms with Crippen molar-refractivity contribution >= 4 is 28.9 Å². The molecule has 0 unspecified atom stereocenters. The van der Waals surface area contributed by atoms with Crippen molar-refractivity contribution in [1.82, 2.24) is 25.3 Å². The first-order chi connectivity index (χ1) is 28.3. The predicted octanol–water partition coefficient (Wildman–Crippen LogP) is 9.59. The van der Waals surface area contributed by atoms with E-state index in [1.54, 1.807) is 0 Å². The fraction of sp³-hybridized carbons (Fsp3) is 0.816. The number of Topliss-reactive ketones (excluding diaryl/α,β-unsaturated/α-hetero) is 5. The van der Waals surface area contributed by atoms with E-state index in [0.29, 0.717) is 64.2 Å². The van der Waals surface area contributed by atoms with Crippen LogP contribution in [0.2, 0.25) is 0 Å². The Kier molecular flexibility index (Phi) is 22.3. The lowest BCUT2D eigenvalue weighted by Gasteiger charge is -2.47. The van der Waals surface area contributed by atoms with Crippen LogP contribution in [0.15, 0.2) is 26.3 Å². The molecule has 5 rings (SSSR count). The van der Waals surface area contributed by atoms with Crippen LogP contribution in [0.4, 0.5) is 0 Å². The van der Waals surface area contributed by atoms with E-state index in [0.717, 1.165) is 0 Å². The number of ketones is 5. The summed E-state index contributed by atoms with van der Waals surface area (Å²) in [6.45, 7) is 49.6. The third-order valence-corrected chi connectivity index (χ3v) is 12.0. The molecule has 0 saturated carbocycles. The molecule has 5 fully saturated rings. The Morgan fingerprint density at radius 2 is 0.312 bits per heavy atom. The number of nitrogens with zero attached hydrogens (tertiary/aromatic N) is 5. The summed E-state index contributed by atoms with van der Waals surface area (Å²) in [5, 5.41) is 55.4. The van der Waals surface area contributed by atoms with Gasteiger partial charge in [0.25, 0.3) is 0 Å². The van der Waals surface area contributed by atoms with Gasteiger partial charge in [0, 0.05) is 120 Å². The summed E-state index contributed by atoms with van der Waals surface area (Å²) in [5.41, 5.74) is -4.18. The highest BCUT2D eigenvalue weighted by atomic mass is 16.5. The predicted molar refractivity (Wildman–Crippen MR) is 253 cm³/mol. The largest absolute Gasteiger partial charge is 0.313 e. The molecule has 5 heterocycles. The molecule has 0 aromatic heterocycles. The van der Waals surface area contributed by atoms with Gasteiger partial charge in [-0.3, -0.25) is 24.0 Å². The summed E-state index contributed by atoms with van der Waals surface area (Å²) in [5.74, 6) is 1.16. The average molecular weight is 912 g/mol. The molecule has 15 nitrogen and oxygen atoms in total. The van der Waals surface area contributed by atoms with Crippen LogP contribution in [0.3, 0.4) is 0 Å². The summed E-state index contributed by atoms with van der Waals surface area (Å²) in [6, 6.07) is 0. The van der Waals surface area contributed by atoms with Crippen molar-refractivity contribution in [2.24, 2.45) is 0 Å². The second-order valence-corrected chi connectivity index (χ2v) is 24.1. The number of rotatable bonds is 0. The molecule has 374 valence electrons. The normalized spacial score (nSPS) is 27.2. The minimum atomic E-state index is -0.418. The third kappa shape index (κ3) is 17.6. The van der Waals surface area contributed by atoms with Crippen LogP contribution < -0.4 is 0 Å². The van der Waals surface area contributed by atoms with E-state index >= 15 is 0 Å². The van der Waals surface area contributed by atoms with Gasteiger partial charge < -0.3 is 26.0 Å². The smallest absolute Gasteiger partial charge is 0.136 e. The molecule has 0 aromatic rings. The molecule has 0 bridgehead atoms. The van der Waals surface area contributed by atoms with E-state index in [1.165, 1.54) is 25.3 Å². The molecular formula is C49H93N5O10. The van der Waals surface area contributed by atoms with Gasteiger partial charge in [0.05, 0.1) is 0 Å². The Labute approximate surface area is 387 Å². The first-order valence-electron chi connectivity index (χ1n) is 22.3. The SMILES string of the molecule is C=C.C=C.CC1(C)CC(=O)CC(C)(C)N1O.CC1(C)CC(=O)CC(C)(C)N1O.CC1(C)CC(=O)CC(C)(C)N1O.CC1(C)CC(=O)CC(C)(C)N1O.CC1(C)CC(=O)CC(C)(C)N1O. The maximum atomic E-state index is 11.3. The Hall–Kier alpha value is -2.57. The Bertz CT molecular complexity index is 1240. The number of carbonyl (C=O) groups excluding carboxylic acids is 5. The molecule has 64 heavy (non-hydrogen) atoms. The third-order valence-electron chi connectivity index (χ3n) is 12.0. The van der Waals surface area contributed by atoms with E-state index in [-0.39, 0.29) is 28.9 Å². The topological polar surface area (TPSA) is 203 Å². The molecule has 0 aliphatic carbocycles. The van der Waals surface area contributed by atoms with Crippen molar-refractivity contribution in [2.75, 3.05) is 0 Å². The zero-order valence-electron chi connectivity index (χ0n) is 43.9. The first-order valence-corrected chi connectivity index (χ1v) is 22.3. The molecule has 0 amide bonds. The van der Waals surface area contributed by atoms with Gasteiger partial charge in [-0.15, -0.1) is 26.3 Å². The van der Waals surface area contributed by atoms with Crippen molar-refractivity contribution in [1.29, 1.82) is 0 Å². The summed E-state index contributed by atoms with van der Waals surface area (Å²) in [4.78, 5) is 56.5. The second kappa shape index (κ2) is 22.5. The quantitative estimate of drug-likeness (QED) is 0.144. The second-order valence-electron chi connectivity index (χ2n) is 24.1. The first kappa shape index (κ1) is 63.5. The molecule has 15 heteroatoms. The standard InChI is InChI=1S/5C9H17NO2.2C2H4/c5*1-8(2)5-7(11)6-9(3,4)10(8)12;2*1-2/h5*12H,5-6H2,1-4H3;2*1-2H2. The lowest BCUT2D eigenvalue weighted by Crippen LogP contribution is -2.59. The van der Waals surface area contributed by atoms with E-state index in [4.69, 9.17) is 0 Å². The van der Waals surface area contributed by atoms with Gasteiger partial charge in [-0.05, 0) is 138 Å². The van der Waals surface area contributed by atoms with E-state index in [2.05, 4.69) is 26.3 Å². The monoisotopic (exact) mass is 912 g/mol. The minimum absolute atomic E-state index is 0.232. The molecule has 0 spiro atoms. The maximum absolute atomic E-state index is 11.3. The van der Waals surface area contributed by atoms with Crippen LogP contribution in [0.5, 0.6) is 0 Å². The minimum Gasteiger partial charge on any atom is -0.313 e. The van der Waals surface area contributed by atoms with Gasteiger partial charge in [0.1, 0.15) is 28.9 Å². The van der Waals surface area contributed by atoms with Gasteiger partial charge in [0.2, 0.25) is 0 Å². The van der Waals surface area contributed by atoms with Gasteiger partial charge in [-0.1, -0.05) is 0 Å². The van der Waals surface area contributed by atoms with Gasteiger partial charge in [-0.2, -0.15) is 25.3 Å². The fourth-order valence-corrected chi connectivity index (χ4v) is 9.98. The highest BCUT2D eigenvalue weighted by Gasteiger charge is 2.48. The van der Waals surface area contributed by atoms with Gasteiger partial charge >= 0.3 is 0 Å². The van der Waals surface area contributed by atoms with E-state index < -0.39 is 55.4 Å². The molecule has 0 atom stereocenters. The van der Waals surface area contributed by atoms with Crippen LogP contribution in [-0.4, -0.2) is 136 Å². The molecule has 0 radical (unpaired) electrons. The van der Waals surface area contributed by atoms with Crippen LogP contribution in [-0.2, 0) is 24.0 Å². The van der Waals surface area contributed by atoms with Crippen molar-refractivity contribution in [3.8, 4) is 0 Å². The lowest BCUT2D eigenvalue weighted by atomic mass is 9.81. The molecular weight excluding hydrogens is 819 g/mol. The van der Waals surface area contributed by atoms with Crippen LogP contribution in [0.1, 0.15) is 203 Å². The number of hydrogen-bond donors (Lipinski definition) is 5. The summed E-state index contributed by atoms with van der Waals surface area (Å²) >= 11 is 0. The maximum Gasteiger partial charge on any atom is 0.136 e. The zero-order valence-corrected chi connectivity index (χ0v) is 43.9. The molecule has 5 saturated heterocycles.